The molecule has 7 heteroatoms. The maximum atomic E-state index is 6.06. The Labute approximate surface area is 146 Å². The maximum absolute atomic E-state index is 6.06. The van der Waals surface area contributed by atoms with Crippen LogP contribution in [0.1, 0.15) is 0 Å². The zero-order chi connectivity index (χ0) is 15.8. The van der Waals surface area contributed by atoms with E-state index in [9.17, 15) is 0 Å². The van der Waals surface area contributed by atoms with Crippen molar-refractivity contribution in [3.63, 3.8) is 0 Å². The largest absolute Gasteiger partial charge is 0.454 e. The molecule has 0 amide bonds. The molecule has 3 aromatic rings. The number of nitrogens with one attached hydrogen (secondary N) is 1. The Morgan fingerprint density at radius 1 is 1.00 bits per heavy atom. The van der Waals surface area contributed by atoms with Crippen molar-refractivity contribution in [3.05, 3.63) is 51.8 Å². The van der Waals surface area contributed by atoms with Crippen LogP contribution in [0, 0.1) is 0 Å². The summed E-state index contributed by atoms with van der Waals surface area (Å²) in [6.07, 6.45) is 0. The standard InChI is InChI=1S/C16H10Cl2N2O2S/c17-11-3-1-9(5-12(11)18)13-7-23-16(20-13)19-10-2-4-14-15(6-10)22-8-21-14/h1-7H,8H2,(H,19,20). The summed E-state index contributed by atoms with van der Waals surface area (Å²) in [4.78, 5) is 4.57. The molecular weight excluding hydrogens is 355 g/mol. The summed E-state index contributed by atoms with van der Waals surface area (Å²) in [5.41, 5.74) is 2.66. The SMILES string of the molecule is Clc1ccc(-c2csc(Nc3ccc4c(c3)OCO4)n2)cc1Cl. The Morgan fingerprint density at radius 2 is 1.87 bits per heavy atom. The number of benzene rings is 2. The van der Waals surface area contributed by atoms with Gasteiger partial charge in [-0.1, -0.05) is 29.3 Å². The van der Waals surface area contributed by atoms with Crippen molar-refractivity contribution in [2.75, 3.05) is 12.1 Å². The number of thiazole rings is 1. The second-order valence-electron chi connectivity index (χ2n) is 4.86. The maximum Gasteiger partial charge on any atom is 0.231 e. The average molecular weight is 365 g/mol. The minimum Gasteiger partial charge on any atom is -0.454 e. The lowest BCUT2D eigenvalue weighted by molar-refractivity contribution is 0.174. The molecule has 0 bridgehead atoms. The molecule has 0 aliphatic carbocycles. The molecule has 1 aromatic heterocycles. The predicted molar refractivity (Wildman–Crippen MR) is 93.4 cm³/mol. The van der Waals surface area contributed by atoms with Crippen LogP contribution in [-0.2, 0) is 0 Å². The zero-order valence-corrected chi connectivity index (χ0v) is 14.0. The normalized spacial score (nSPS) is 12.4. The fourth-order valence-electron chi connectivity index (χ4n) is 2.22. The molecule has 0 spiro atoms. The van der Waals surface area contributed by atoms with E-state index in [0.717, 1.165) is 33.6 Å². The molecule has 0 unspecified atom stereocenters. The number of halogens is 2. The number of fused-ring (bicyclic) bond motifs is 1. The molecule has 0 saturated heterocycles. The molecule has 1 aliphatic heterocycles. The van der Waals surface area contributed by atoms with Crippen molar-refractivity contribution in [2.45, 2.75) is 0 Å². The van der Waals surface area contributed by atoms with E-state index in [0.29, 0.717) is 10.0 Å². The van der Waals surface area contributed by atoms with Crippen molar-refractivity contribution >= 4 is 45.4 Å². The quantitative estimate of drug-likeness (QED) is 0.657. The van der Waals surface area contributed by atoms with Gasteiger partial charge in [0.15, 0.2) is 16.6 Å². The fourth-order valence-corrected chi connectivity index (χ4v) is 3.25. The van der Waals surface area contributed by atoms with Gasteiger partial charge in [0.05, 0.1) is 15.7 Å². The van der Waals surface area contributed by atoms with Gasteiger partial charge in [-0.2, -0.15) is 0 Å². The molecule has 0 radical (unpaired) electrons. The second kappa shape index (κ2) is 5.92. The number of hydrogen-bond acceptors (Lipinski definition) is 5. The summed E-state index contributed by atoms with van der Waals surface area (Å²) in [6, 6.07) is 11.2. The fraction of sp³-hybridized carbons (Fsp3) is 0.0625. The molecule has 4 rings (SSSR count). The van der Waals surface area contributed by atoms with Gasteiger partial charge < -0.3 is 14.8 Å². The van der Waals surface area contributed by atoms with Crippen LogP contribution < -0.4 is 14.8 Å². The lowest BCUT2D eigenvalue weighted by atomic mass is 10.2. The molecule has 0 atom stereocenters. The summed E-state index contributed by atoms with van der Waals surface area (Å²) in [5.74, 6) is 1.49. The van der Waals surface area contributed by atoms with Crippen LogP contribution in [0.2, 0.25) is 10.0 Å². The third-order valence-corrected chi connectivity index (χ3v) is 4.84. The summed E-state index contributed by atoms with van der Waals surface area (Å²) >= 11 is 13.5. The Bertz CT molecular complexity index is 882. The van der Waals surface area contributed by atoms with Gasteiger partial charge in [-0.25, -0.2) is 4.98 Å². The Morgan fingerprint density at radius 3 is 2.74 bits per heavy atom. The van der Waals surface area contributed by atoms with E-state index >= 15 is 0 Å². The third-order valence-electron chi connectivity index (χ3n) is 3.34. The van der Waals surface area contributed by atoms with E-state index in [1.807, 2.05) is 35.7 Å². The van der Waals surface area contributed by atoms with E-state index in [4.69, 9.17) is 32.7 Å². The summed E-state index contributed by atoms with van der Waals surface area (Å²) in [6.45, 7) is 0.261. The van der Waals surface area contributed by atoms with Crippen molar-refractivity contribution in [3.8, 4) is 22.8 Å². The Kier molecular flexibility index (Phi) is 3.77. The van der Waals surface area contributed by atoms with Crippen LogP contribution in [0.25, 0.3) is 11.3 Å². The monoisotopic (exact) mass is 364 g/mol. The van der Waals surface area contributed by atoms with Gasteiger partial charge in [-0.3, -0.25) is 0 Å². The number of ether oxygens (including phenoxy) is 2. The van der Waals surface area contributed by atoms with Gasteiger partial charge >= 0.3 is 0 Å². The molecule has 4 nitrogen and oxygen atoms in total. The summed E-state index contributed by atoms with van der Waals surface area (Å²) < 4.78 is 10.7. The number of anilines is 2. The van der Waals surface area contributed by atoms with Gasteiger partial charge in [0.1, 0.15) is 0 Å². The number of rotatable bonds is 3. The molecule has 1 N–H and O–H groups in total. The second-order valence-corrected chi connectivity index (χ2v) is 6.53. The smallest absolute Gasteiger partial charge is 0.231 e. The van der Waals surface area contributed by atoms with E-state index < -0.39 is 0 Å². The lowest BCUT2D eigenvalue weighted by Gasteiger charge is -2.04. The van der Waals surface area contributed by atoms with E-state index in [1.54, 1.807) is 6.07 Å². The Hall–Kier alpha value is -1.95. The van der Waals surface area contributed by atoms with Gasteiger partial charge in [0, 0.05) is 22.7 Å². The molecule has 2 heterocycles. The molecule has 1 aliphatic rings. The lowest BCUT2D eigenvalue weighted by Crippen LogP contribution is -1.93. The average Bonchev–Trinajstić information content (AvgIpc) is 3.19. The van der Waals surface area contributed by atoms with Gasteiger partial charge in [0.25, 0.3) is 0 Å². The number of hydrogen-bond donors (Lipinski definition) is 1. The number of nitrogens with zero attached hydrogens (tertiary/aromatic N) is 1. The van der Waals surface area contributed by atoms with Crippen LogP contribution in [0.4, 0.5) is 10.8 Å². The topological polar surface area (TPSA) is 43.4 Å². The molecular formula is C16H10Cl2N2O2S. The van der Waals surface area contributed by atoms with Crippen molar-refractivity contribution < 1.29 is 9.47 Å². The highest BCUT2D eigenvalue weighted by molar-refractivity contribution is 7.14. The van der Waals surface area contributed by atoms with Gasteiger partial charge in [0.2, 0.25) is 6.79 Å². The first-order chi connectivity index (χ1) is 11.2. The van der Waals surface area contributed by atoms with Crippen LogP contribution in [0.5, 0.6) is 11.5 Å². The highest BCUT2D eigenvalue weighted by Gasteiger charge is 2.14. The summed E-state index contributed by atoms with van der Waals surface area (Å²) in [5, 5.41) is 7.06. The van der Waals surface area contributed by atoms with Crippen LogP contribution in [-0.4, -0.2) is 11.8 Å². The van der Waals surface area contributed by atoms with Crippen LogP contribution >= 0.6 is 34.5 Å². The highest BCUT2D eigenvalue weighted by atomic mass is 35.5. The molecule has 116 valence electrons. The first-order valence-electron chi connectivity index (χ1n) is 6.77. The van der Waals surface area contributed by atoms with E-state index in [2.05, 4.69) is 10.3 Å². The predicted octanol–water partition coefficient (Wildman–Crippen LogP) is 5.59. The van der Waals surface area contributed by atoms with Gasteiger partial charge in [-0.05, 0) is 24.3 Å². The molecule has 23 heavy (non-hydrogen) atoms. The first kappa shape index (κ1) is 14.6. The van der Waals surface area contributed by atoms with Crippen molar-refractivity contribution in [1.29, 1.82) is 0 Å². The van der Waals surface area contributed by atoms with Crippen LogP contribution in [0.3, 0.4) is 0 Å². The van der Waals surface area contributed by atoms with Gasteiger partial charge in [-0.15, -0.1) is 11.3 Å². The molecule has 0 fully saturated rings. The van der Waals surface area contributed by atoms with Crippen LogP contribution in [0.15, 0.2) is 41.8 Å². The van der Waals surface area contributed by atoms with E-state index in [-0.39, 0.29) is 6.79 Å². The van der Waals surface area contributed by atoms with Crippen molar-refractivity contribution in [2.24, 2.45) is 0 Å². The highest BCUT2D eigenvalue weighted by Crippen LogP contribution is 2.36. The third kappa shape index (κ3) is 2.95. The molecule has 2 aromatic carbocycles. The zero-order valence-electron chi connectivity index (χ0n) is 11.7. The minimum atomic E-state index is 0.261. The molecule has 0 saturated carbocycles. The van der Waals surface area contributed by atoms with Crippen molar-refractivity contribution in [1.82, 2.24) is 4.98 Å². The minimum absolute atomic E-state index is 0.261. The number of aromatic nitrogens is 1. The van der Waals surface area contributed by atoms with E-state index in [1.165, 1.54) is 11.3 Å². The Balaban J connectivity index is 1.57. The summed E-state index contributed by atoms with van der Waals surface area (Å²) in [7, 11) is 0. The first-order valence-corrected chi connectivity index (χ1v) is 8.40.